The molecule has 1 unspecified atom stereocenters. The number of unbranched alkanes of at least 4 members (excludes halogenated alkanes) is 2. The third-order valence-electron chi connectivity index (χ3n) is 2.49. The van der Waals surface area contributed by atoms with Crippen LogP contribution in [-0.2, 0) is 6.42 Å². The van der Waals surface area contributed by atoms with Gasteiger partial charge >= 0.3 is 0 Å². The Morgan fingerprint density at radius 3 is 2.69 bits per heavy atom. The summed E-state index contributed by atoms with van der Waals surface area (Å²) in [6, 6.07) is 7.95. The lowest BCUT2D eigenvalue weighted by Gasteiger charge is -2.12. The molecule has 2 nitrogen and oxygen atoms in total. The van der Waals surface area contributed by atoms with Crippen LogP contribution < -0.4 is 4.74 Å². The summed E-state index contributed by atoms with van der Waals surface area (Å²) < 4.78 is 5.73. The minimum Gasteiger partial charge on any atom is -0.493 e. The quantitative estimate of drug-likeness (QED) is 0.718. The van der Waals surface area contributed by atoms with E-state index in [1.165, 1.54) is 12.8 Å². The number of benzene rings is 1. The summed E-state index contributed by atoms with van der Waals surface area (Å²) in [4.78, 5) is 0. The van der Waals surface area contributed by atoms with Gasteiger partial charge in [0.05, 0.1) is 12.7 Å². The molecule has 2 heteroatoms. The van der Waals surface area contributed by atoms with Crippen molar-refractivity contribution in [3.63, 3.8) is 0 Å². The topological polar surface area (TPSA) is 29.5 Å². The first-order valence-electron chi connectivity index (χ1n) is 6.12. The van der Waals surface area contributed by atoms with Crippen LogP contribution in [0.3, 0.4) is 0 Å². The number of para-hydroxylation sites is 1. The van der Waals surface area contributed by atoms with Gasteiger partial charge in [-0.25, -0.2) is 0 Å². The third kappa shape index (κ3) is 4.67. The van der Waals surface area contributed by atoms with Crippen molar-refractivity contribution < 1.29 is 9.84 Å². The Labute approximate surface area is 98.3 Å². The molecule has 1 atom stereocenters. The van der Waals surface area contributed by atoms with Gasteiger partial charge in [0.15, 0.2) is 0 Å². The normalized spacial score (nSPS) is 12.4. The van der Waals surface area contributed by atoms with E-state index in [0.717, 1.165) is 24.3 Å². The molecule has 0 fully saturated rings. The van der Waals surface area contributed by atoms with E-state index >= 15 is 0 Å². The molecular formula is C14H22O2. The average Bonchev–Trinajstić information content (AvgIpc) is 2.26. The van der Waals surface area contributed by atoms with Crippen LogP contribution in [0.1, 0.15) is 38.7 Å². The van der Waals surface area contributed by atoms with Crippen LogP contribution >= 0.6 is 0 Å². The van der Waals surface area contributed by atoms with Gasteiger partial charge in [-0.2, -0.15) is 0 Å². The van der Waals surface area contributed by atoms with E-state index in [2.05, 4.69) is 6.92 Å². The second kappa shape index (κ2) is 7.29. The maximum Gasteiger partial charge on any atom is 0.122 e. The molecule has 0 saturated carbocycles. The summed E-state index contributed by atoms with van der Waals surface area (Å²) in [5.74, 6) is 0.916. The predicted octanol–water partition coefficient (Wildman–Crippen LogP) is 3.18. The zero-order valence-corrected chi connectivity index (χ0v) is 10.3. The Morgan fingerprint density at radius 1 is 1.25 bits per heavy atom. The van der Waals surface area contributed by atoms with Gasteiger partial charge in [-0.15, -0.1) is 0 Å². The van der Waals surface area contributed by atoms with Crippen molar-refractivity contribution >= 4 is 0 Å². The molecule has 0 saturated heterocycles. The van der Waals surface area contributed by atoms with E-state index in [1.54, 1.807) is 6.92 Å². The largest absolute Gasteiger partial charge is 0.493 e. The maximum absolute atomic E-state index is 9.38. The van der Waals surface area contributed by atoms with Gasteiger partial charge in [0, 0.05) is 6.42 Å². The zero-order valence-electron chi connectivity index (χ0n) is 10.3. The molecule has 0 aliphatic heterocycles. The van der Waals surface area contributed by atoms with Gasteiger partial charge < -0.3 is 9.84 Å². The van der Waals surface area contributed by atoms with Gasteiger partial charge in [0.1, 0.15) is 5.75 Å². The molecule has 0 radical (unpaired) electrons. The van der Waals surface area contributed by atoms with Crippen LogP contribution in [0.5, 0.6) is 5.75 Å². The Kier molecular flexibility index (Phi) is 5.94. The first-order valence-corrected chi connectivity index (χ1v) is 6.12. The van der Waals surface area contributed by atoms with Crippen molar-refractivity contribution in [2.75, 3.05) is 6.61 Å². The summed E-state index contributed by atoms with van der Waals surface area (Å²) >= 11 is 0. The first-order chi connectivity index (χ1) is 7.74. The van der Waals surface area contributed by atoms with E-state index < -0.39 is 0 Å². The van der Waals surface area contributed by atoms with E-state index in [4.69, 9.17) is 4.74 Å². The SMILES string of the molecule is CCCCCOc1ccccc1CC(C)O. The van der Waals surface area contributed by atoms with Crippen LogP contribution in [0.15, 0.2) is 24.3 Å². The highest BCUT2D eigenvalue weighted by molar-refractivity contribution is 5.33. The fraction of sp³-hybridized carbons (Fsp3) is 0.571. The highest BCUT2D eigenvalue weighted by atomic mass is 16.5. The van der Waals surface area contributed by atoms with Crippen molar-refractivity contribution in [3.8, 4) is 5.75 Å². The fourth-order valence-corrected chi connectivity index (χ4v) is 1.67. The molecule has 1 aromatic carbocycles. The van der Waals surface area contributed by atoms with Crippen molar-refractivity contribution in [1.82, 2.24) is 0 Å². The molecule has 1 rings (SSSR count). The van der Waals surface area contributed by atoms with Gasteiger partial charge in [0.25, 0.3) is 0 Å². The van der Waals surface area contributed by atoms with Crippen LogP contribution in [0.2, 0.25) is 0 Å². The molecule has 1 N–H and O–H groups in total. The molecule has 90 valence electrons. The summed E-state index contributed by atoms with van der Waals surface area (Å²) in [5, 5.41) is 9.38. The Bertz CT molecular complexity index is 295. The average molecular weight is 222 g/mol. The second-order valence-corrected chi connectivity index (χ2v) is 4.22. The molecule has 0 spiro atoms. The lowest BCUT2D eigenvalue weighted by Crippen LogP contribution is -2.07. The predicted molar refractivity (Wildman–Crippen MR) is 66.8 cm³/mol. The molecule has 0 bridgehead atoms. The van der Waals surface area contributed by atoms with Crippen LogP contribution in [-0.4, -0.2) is 17.8 Å². The van der Waals surface area contributed by atoms with Gasteiger partial charge in [-0.1, -0.05) is 38.0 Å². The monoisotopic (exact) mass is 222 g/mol. The number of hydrogen-bond acceptors (Lipinski definition) is 2. The summed E-state index contributed by atoms with van der Waals surface area (Å²) in [7, 11) is 0. The summed E-state index contributed by atoms with van der Waals surface area (Å²) in [6.07, 6.45) is 3.85. The van der Waals surface area contributed by atoms with Crippen molar-refractivity contribution in [2.45, 2.75) is 45.6 Å². The fourth-order valence-electron chi connectivity index (χ4n) is 1.67. The number of aliphatic hydroxyl groups is 1. The summed E-state index contributed by atoms with van der Waals surface area (Å²) in [6.45, 7) is 4.75. The molecule has 0 amide bonds. The van der Waals surface area contributed by atoms with Crippen molar-refractivity contribution in [2.24, 2.45) is 0 Å². The van der Waals surface area contributed by atoms with E-state index in [-0.39, 0.29) is 6.10 Å². The smallest absolute Gasteiger partial charge is 0.122 e. The van der Waals surface area contributed by atoms with Gasteiger partial charge in [-0.05, 0) is 25.0 Å². The van der Waals surface area contributed by atoms with E-state index in [1.807, 2.05) is 24.3 Å². The number of rotatable bonds is 7. The molecule has 0 heterocycles. The molecule has 0 aromatic heterocycles. The van der Waals surface area contributed by atoms with Crippen LogP contribution in [0.4, 0.5) is 0 Å². The number of ether oxygens (including phenoxy) is 1. The molecule has 0 aliphatic carbocycles. The van der Waals surface area contributed by atoms with Crippen LogP contribution in [0.25, 0.3) is 0 Å². The maximum atomic E-state index is 9.38. The highest BCUT2D eigenvalue weighted by Gasteiger charge is 2.05. The molecule has 1 aromatic rings. The molecule has 0 aliphatic rings. The van der Waals surface area contributed by atoms with E-state index in [0.29, 0.717) is 6.42 Å². The molecule has 16 heavy (non-hydrogen) atoms. The number of aliphatic hydroxyl groups excluding tert-OH is 1. The Balaban J connectivity index is 2.50. The van der Waals surface area contributed by atoms with E-state index in [9.17, 15) is 5.11 Å². The van der Waals surface area contributed by atoms with Crippen molar-refractivity contribution in [3.05, 3.63) is 29.8 Å². The first kappa shape index (κ1) is 13.0. The van der Waals surface area contributed by atoms with Crippen molar-refractivity contribution in [1.29, 1.82) is 0 Å². The highest BCUT2D eigenvalue weighted by Crippen LogP contribution is 2.19. The lowest BCUT2D eigenvalue weighted by molar-refractivity contribution is 0.193. The Morgan fingerprint density at radius 2 is 2.00 bits per heavy atom. The minimum atomic E-state index is -0.319. The second-order valence-electron chi connectivity index (χ2n) is 4.22. The van der Waals surface area contributed by atoms with Gasteiger partial charge in [-0.3, -0.25) is 0 Å². The summed E-state index contributed by atoms with van der Waals surface area (Å²) in [5.41, 5.74) is 1.09. The lowest BCUT2D eigenvalue weighted by atomic mass is 10.1. The third-order valence-corrected chi connectivity index (χ3v) is 2.49. The standard InChI is InChI=1S/C14H22O2/c1-3-4-7-10-16-14-9-6-5-8-13(14)11-12(2)15/h5-6,8-9,12,15H,3-4,7,10-11H2,1-2H3. The zero-order chi connectivity index (χ0) is 11.8. The molecular weight excluding hydrogens is 200 g/mol. The minimum absolute atomic E-state index is 0.319. The van der Waals surface area contributed by atoms with Gasteiger partial charge in [0.2, 0.25) is 0 Å². The Hall–Kier alpha value is -1.02. The number of hydrogen-bond donors (Lipinski definition) is 1. The van der Waals surface area contributed by atoms with Crippen LogP contribution in [0, 0.1) is 0 Å².